The molecule has 3 nitrogen and oxygen atoms in total. The van der Waals surface area contributed by atoms with E-state index in [-0.39, 0.29) is 35.8 Å². The third-order valence-corrected chi connectivity index (χ3v) is 6.92. The Kier molecular flexibility index (Phi) is 8.37. The summed E-state index contributed by atoms with van der Waals surface area (Å²) in [7, 11) is 0. The van der Waals surface area contributed by atoms with Gasteiger partial charge in [0.05, 0.1) is 16.8 Å². The smallest absolute Gasteiger partial charge is 0.305 e. The van der Waals surface area contributed by atoms with E-state index < -0.39 is 76.4 Å². The summed E-state index contributed by atoms with van der Waals surface area (Å²) in [6, 6.07) is 10.3. The molecule has 14 heteroatoms. The van der Waals surface area contributed by atoms with Crippen LogP contribution in [-0.4, -0.2) is 30.6 Å². The fourth-order valence-electron chi connectivity index (χ4n) is 4.49. The van der Waals surface area contributed by atoms with E-state index in [1.54, 1.807) is 18.2 Å². The van der Waals surface area contributed by atoms with Gasteiger partial charge in [-0.3, -0.25) is 9.59 Å². The summed E-state index contributed by atoms with van der Waals surface area (Å²) in [5, 5.41) is 0. The SMILES string of the molecule is O=C(Cc1ccc(C(F)(C(F)(F)F)C(F)(F)F)cc1C(F)(F)F)c1cccc(N(CC2CC2)C(=O)c2ccccc2)c1F. The molecule has 1 saturated carbocycles. The number of ketones is 1. The molecule has 230 valence electrons. The fourth-order valence-corrected chi connectivity index (χ4v) is 4.49. The summed E-state index contributed by atoms with van der Waals surface area (Å²) in [4.78, 5) is 27.3. The number of anilines is 1. The summed E-state index contributed by atoms with van der Waals surface area (Å²) < 4.78 is 150. The number of nitrogens with zero attached hydrogens (tertiary/aromatic N) is 1. The first kappa shape index (κ1) is 32.0. The number of hydrogen-bond donors (Lipinski definition) is 0. The van der Waals surface area contributed by atoms with Gasteiger partial charge >= 0.3 is 24.2 Å². The van der Waals surface area contributed by atoms with Crippen LogP contribution >= 0.6 is 0 Å². The van der Waals surface area contributed by atoms with Crippen molar-refractivity contribution in [1.29, 1.82) is 0 Å². The van der Waals surface area contributed by atoms with Crippen LogP contribution in [-0.2, 0) is 18.3 Å². The van der Waals surface area contributed by atoms with Gasteiger partial charge in [-0.1, -0.05) is 36.4 Å². The van der Waals surface area contributed by atoms with E-state index in [1.807, 2.05) is 0 Å². The van der Waals surface area contributed by atoms with Crippen molar-refractivity contribution in [2.75, 3.05) is 11.4 Å². The Labute approximate surface area is 236 Å². The largest absolute Gasteiger partial charge is 0.435 e. The van der Waals surface area contributed by atoms with Gasteiger partial charge in [-0.25, -0.2) is 8.78 Å². The molecular formula is C29H20F11NO2. The number of carbonyl (C=O) groups excluding carboxylic acids is 2. The number of amides is 1. The second-order valence-corrected chi connectivity index (χ2v) is 9.99. The maximum atomic E-state index is 15.7. The molecule has 43 heavy (non-hydrogen) atoms. The number of rotatable bonds is 8. The van der Waals surface area contributed by atoms with Crippen LogP contribution in [0.3, 0.4) is 0 Å². The minimum Gasteiger partial charge on any atom is -0.305 e. The summed E-state index contributed by atoms with van der Waals surface area (Å²) in [5.74, 6) is -3.17. The lowest BCUT2D eigenvalue weighted by Gasteiger charge is -2.31. The average Bonchev–Trinajstić information content (AvgIpc) is 3.74. The van der Waals surface area contributed by atoms with Crippen LogP contribution in [0.5, 0.6) is 0 Å². The van der Waals surface area contributed by atoms with Gasteiger partial charge in [-0.05, 0) is 54.7 Å². The van der Waals surface area contributed by atoms with Gasteiger partial charge < -0.3 is 4.90 Å². The summed E-state index contributed by atoms with van der Waals surface area (Å²) in [5.41, 5.74) is -12.7. The predicted octanol–water partition coefficient (Wildman–Crippen LogP) is 8.62. The van der Waals surface area contributed by atoms with Gasteiger partial charge in [0.25, 0.3) is 5.91 Å². The number of benzene rings is 3. The molecule has 0 bridgehead atoms. The van der Waals surface area contributed by atoms with Crippen molar-refractivity contribution in [2.45, 2.75) is 43.5 Å². The zero-order valence-electron chi connectivity index (χ0n) is 21.7. The van der Waals surface area contributed by atoms with Crippen LogP contribution in [0.2, 0.25) is 0 Å². The van der Waals surface area contributed by atoms with Gasteiger partial charge in [0, 0.05) is 24.1 Å². The molecule has 0 aromatic heterocycles. The lowest BCUT2D eigenvalue weighted by molar-refractivity contribution is -0.348. The van der Waals surface area contributed by atoms with Crippen LogP contribution in [0.4, 0.5) is 54.0 Å². The summed E-state index contributed by atoms with van der Waals surface area (Å²) in [6.45, 7) is 0.0748. The molecule has 1 fully saturated rings. The first-order chi connectivity index (χ1) is 19.9. The maximum Gasteiger partial charge on any atom is 0.435 e. The molecule has 0 radical (unpaired) electrons. The highest BCUT2D eigenvalue weighted by Crippen LogP contribution is 2.54. The monoisotopic (exact) mass is 623 g/mol. The van der Waals surface area contributed by atoms with Crippen LogP contribution in [0.25, 0.3) is 0 Å². The Bertz CT molecular complexity index is 1490. The van der Waals surface area contributed by atoms with Gasteiger partial charge in [0.15, 0.2) is 11.6 Å². The molecule has 1 amide bonds. The fraction of sp³-hybridized carbons (Fsp3) is 0.310. The molecule has 0 unspecified atom stereocenters. The van der Waals surface area contributed by atoms with Crippen molar-refractivity contribution >= 4 is 17.4 Å². The number of Topliss-reactive ketones (excluding diaryl/α,β-unsaturated/α-hetero) is 1. The highest BCUT2D eigenvalue weighted by molar-refractivity contribution is 6.07. The van der Waals surface area contributed by atoms with Gasteiger partial charge in [-0.2, -0.15) is 39.5 Å². The molecule has 0 saturated heterocycles. The Balaban J connectivity index is 1.72. The van der Waals surface area contributed by atoms with E-state index in [1.165, 1.54) is 24.3 Å². The van der Waals surface area contributed by atoms with Crippen molar-refractivity contribution in [2.24, 2.45) is 5.92 Å². The summed E-state index contributed by atoms with van der Waals surface area (Å²) >= 11 is 0. The Hall–Kier alpha value is -3.97. The minimum atomic E-state index is -6.67. The molecular weight excluding hydrogens is 603 g/mol. The normalized spacial score (nSPS) is 14.5. The van der Waals surface area contributed by atoms with Crippen molar-refractivity contribution in [3.8, 4) is 0 Å². The van der Waals surface area contributed by atoms with Crippen molar-refractivity contribution in [3.63, 3.8) is 0 Å². The Morgan fingerprint density at radius 3 is 1.91 bits per heavy atom. The molecule has 0 aliphatic heterocycles. The number of carbonyl (C=O) groups is 2. The lowest BCUT2D eigenvalue weighted by Crippen LogP contribution is -2.50. The molecule has 1 aliphatic carbocycles. The quantitative estimate of drug-likeness (QED) is 0.186. The van der Waals surface area contributed by atoms with Crippen LogP contribution < -0.4 is 4.90 Å². The van der Waals surface area contributed by atoms with E-state index in [9.17, 15) is 53.5 Å². The minimum absolute atomic E-state index is 0.0373. The number of hydrogen-bond acceptors (Lipinski definition) is 2. The molecule has 3 aromatic rings. The molecule has 0 atom stereocenters. The van der Waals surface area contributed by atoms with Crippen LogP contribution in [0.15, 0.2) is 66.7 Å². The van der Waals surface area contributed by atoms with Crippen molar-refractivity contribution < 1.29 is 57.9 Å². The van der Waals surface area contributed by atoms with Crippen molar-refractivity contribution in [1.82, 2.24) is 0 Å². The predicted molar refractivity (Wildman–Crippen MR) is 132 cm³/mol. The van der Waals surface area contributed by atoms with Crippen LogP contribution in [0, 0.1) is 11.7 Å². The van der Waals surface area contributed by atoms with E-state index in [2.05, 4.69) is 0 Å². The Morgan fingerprint density at radius 1 is 0.767 bits per heavy atom. The van der Waals surface area contributed by atoms with E-state index in [0.29, 0.717) is 0 Å². The van der Waals surface area contributed by atoms with E-state index >= 15 is 4.39 Å². The lowest BCUT2D eigenvalue weighted by atomic mass is 9.89. The zero-order valence-corrected chi connectivity index (χ0v) is 21.7. The summed E-state index contributed by atoms with van der Waals surface area (Å²) in [6.07, 6.45) is -18.8. The maximum absolute atomic E-state index is 15.7. The molecule has 0 spiro atoms. The standard InChI is InChI=1S/C29H20F11NO2/c30-24-20(7-4-8-22(24)41(15-16-9-10-16)25(43)17-5-2-1-3-6-17)23(42)13-18-11-12-19(14-21(18)27(32,33)34)26(31,28(35,36)37)29(38,39)40/h1-8,11-12,14,16H,9-10,13,15H2. The second kappa shape index (κ2) is 11.3. The van der Waals surface area contributed by atoms with Crippen molar-refractivity contribution in [3.05, 3.63) is 100 Å². The van der Waals surface area contributed by atoms with E-state index in [4.69, 9.17) is 0 Å². The highest BCUT2D eigenvalue weighted by atomic mass is 19.4. The van der Waals surface area contributed by atoms with E-state index in [0.717, 1.165) is 23.8 Å². The molecule has 0 N–H and O–H groups in total. The van der Waals surface area contributed by atoms with Gasteiger partial charge in [0.2, 0.25) is 0 Å². The van der Waals surface area contributed by atoms with Gasteiger partial charge in [0.1, 0.15) is 0 Å². The van der Waals surface area contributed by atoms with Gasteiger partial charge in [-0.15, -0.1) is 0 Å². The zero-order chi connectivity index (χ0) is 32.0. The topological polar surface area (TPSA) is 37.4 Å². The number of halogens is 11. The first-order valence-electron chi connectivity index (χ1n) is 12.6. The molecule has 3 aromatic carbocycles. The first-order valence-corrected chi connectivity index (χ1v) is 12.6. The third-order valence-electron chi connectivity index (χ3n) is 6.92. The molecule has 0 heterocycles. The molecule has 4 rings (SSSR count). The number of alkyl halides is 10. The Morgan fingerprint density at radius 2 is 1.37 bits per heavy atom. The third kappa shape index (κ3) is 6.37. The molecule has 1 aliphatic rings. The average molecular weight is 623 g/mol. The second-order valence-electron chi connectivity index (χ2n) is 9.99. The highest BCUT2D eigenvalue weighted by Gasteiger charge is 2.73. The van der Waals surface area contributed by atoms with Crippen LogP contribution in [0.1, 0.15) is 50.2 Å².